The minimum absolute atomic E-state index is 0.0393. The maximum Gasteiger partial charge on any atom is 0.387 e. The smallest absolute Gasteiger partial charge is 0.387 e. The van der Waals surface area contributed by atoms with E-state index in [9.17, 15) is 13.6 Å². The van der Waals surface area contributed by atoms with Crippen LogP contribution < -0.4 is 10.1 Å². The van der Waals surface area contributed by atoms with E-state index >= 15 is 0 Å². The van der Waals surface area contributed by atoms with Gasteiger partial charge in [-0.25, -0.2) is 0 Å². The summed E-state index contributed by atoms with van der Waals surface area (Å²) < 4.78 is 30.0. The molecule has 0 spiro atoms. The van der Waals surface area contributed by atoms with Crippen LogP contribution in [0.1, 0.15) is 30.4 Å². The van der Waals surface area contributed by atoms with E-state index < -0.39 is 6.61 Å². The van der Waals surface area contributed by atoms with E-state index in [0.717, 1.165) is 24.8 Å². The van der Waals surface area contributed by atoms with Gasteiger partial charge < -0.3 is 10.1 Å². The van der Waals surface area contributed by atoms with E-state index in [-0.39, 0.29) is 17.6 Å². The van der Waals surface area contributed by atoms with Gasteiger partial charge in [0.25, 0.3) is 0 Å². The highest BCUT2D eigenvalue weighted by Gasteiger charge is 2.19. The number of anilines is 1. The molecule has 136 valence electrons. The first-order valence-corrected chi connectivity index (χ1v) is 8.69. The van der Waals surface area contributed by atoms with Gasteiger partial charge in [-0.2, -0.15) is 8.78 Å². The second-order valence-electron chi connectivity index (χ2n) is 6.33. The van der Waals surface area contributed by atoms with Gasteiger partial charge in [-0.3, -0.25) is 4.79 Å². The number of alkyl halides is 2. The van der Waals surface area contributed by atoms with Crippen LogP contribution in [0.5, 0.6) is 5.75 Å². The van der Waals surface area contributed by atoms with Gasteiger partial charge >= 0.3 is 6.61 Å². The number of amides is 1. The summed E-state index contributed by atoms with van der Waals surface area (Å²) >= 11 is 0. The lowest BCUT2D eigenvalue weighted by Gasteiger charge is -2.18. The molecular formula is C21H21F2NO2. The maximum atomic E-state index is 12.7. The first-order valence-electron chi connectivity index (χ1n) is 8.69. The number of nitrogens with one attached hydrogen (secondary N) is 1. The average molecular weight is 357 g/mol. The predicted octanol–water partition coefficient (Wildman–Crippen LogP) is 5.17. The number of hydrogen-bond donors (Lipinski definition) is 1. The van der Waals surface area contributed by atoms with Crippen molar-refractivity contribution in [1.29, 1.82) is 0 Å². The third-order valence-electron chi connectivity index (χ3n) is 4.42. The molecule has 0 saturated heterocycles. The fraction of sp³-hybridized carbons (Fsp3) is 0.286. The lowest BCUT2D eigenvalue weighted by atomic mass is 9.93. The minimum atomic E-state index is -2.89. The molecule has 1 amide bonds. The third-order valence-corrected chi connectivity index (χ3v) is 4.42. The molecule has 3 nitrogen and oxygen atoms in total. The number of benzene rings is 2. The van der Waals surface area contributed by atoms with Gasteiger partial charge in [0.2, 0.25) is 5.91 Å². The van der Waals surface area contributed by atoms with Gasteiger partial charge in [0.15, 0.2) is 0 Å². The van der Waals surface area contributed by atoms with E-state index in [1.165, 1.54) is 6.07 Å². The van der Waals surface area contributed by atoms with Crippen LogP contribution in [0.25, 0.3) is 0 Å². The molecule has 0 bridgehead atoms. The number of carbonyl (C=O) groups is 1. The molecule has 0 heterocycles. The highest BCUT2D eigenvalue weighted by Crippen LogP contribution is 2.28. The monoisotopic (exact) mass is 357 g/mol. The molecular weight excluding hydrogens is 336 g/mol. The third kappa shape index (κ3) is 4.91. The molecule has 3 rings (SSSR count). The predicted molar refractivity (Wildman–Crippen MR) is 97.4 cm³/mol. The molecule has 0 aromatic heterocycles. The van der Waals surface area contributed by atoms with Crippen LogP contribution in [-0.2, 0) is 11.2 Å². The molecule has 0 radical (unpaired) electrons. The lowest BCUT2D eigenvalue weighted by Crippen LogP contribution is -2.23. The molecule has 1 atom stereocenters. The molecule has 0 aliphatic heterocycles. The zero-order valence-electron chi connectivity index (χ0n) is 14.3. The van der Waals surface area contributed by atoms with Gasteiger partial charge in [-0.1, -0.05) is 42.5 Å². The van der Waals surface area contributed by atoms with Gasteiger partial charge in [0.1, 0.15) is 5.75 Å². The largest absolute Gasteiger partial charge is 0.435 e. The lowest BCUT2D eigenvalue weighted by molar-refractivity contribution is -0.120. The molecule has 0 saturated carbocycles. The summed E-state index contributed by atoms with van der Waals surface area (Å²) in [5.41, 5.74) is 2.18. The van der Waals surface area contributed by atoms with Crippen molar-refractivity contribution in [1.82, 2.24) is 0 Å². The Hall–Kier alpha value is -2.69. The highest BCUT2D eigenvalue weighted by atomic mass is 19.3. The zero-order valence-corrected chi connectivity index (χ0v) is 14.3. The molecule has 26 heavy (non-hydrogen) atoms. The van der Waals surface area contributed by atoms with E-state index in [4.69, 9.17) is 0 Å². The second kappa shape index (κ2) is 8.61. The molecule has 1 unspecified atom stereocenters. The molecule has 1 N–H and O–H groups in total. The average Bonchev–Trinajstić information content (AvgIpc) is 2.65. The van der Waals surface area contributed by atoms with Gasteiger partial charge in [0, 0.05) is 23.6 Å². The minimum Gasteiger partial charge on any atom is -0.435 e. The van der Waals surface area contributed by atoms with Crippen molar-refractivity contribution in [3.8, 4) is 5.75 Å². The Kier molecular flexibility index (Phi) is 6.00. The SMILES string of the molecule is O=C(Nc1ccc(OC(F)F)c(Cc2ccccc2)c1)C1CC=CCC1. The normalized spacial score (nSPS) is 16.5. The molecule has 5 heteroatoms. The summed E-state index contributed by atoms with van der Waals surface area (Å²) in [7, 11) is 0. The Morgan fingerprint density at radius 1 is 1.15 bits per heavy atom. The summed E-state index contributed by atoms with van der Waals surface area (Å²) in [6, 6.07) is 14.3. The van der Waals surface area contributed by atoms with Crippen LogP contribution in [-0.4, -0.2) is 12.5 Å². The van der Waals surface area contributed by atoms with Crippen molar-refractivity contribution in [2.24, 2.45) is 5.92 Å². The van der Waals surface area contributed by atoms with Crippen molar-refractivity contribution in [2.75, 3.05) is 5.32 Å². The summed E-state index contributed by atoms with van der Waals surface area (Å²) in [6.45, 7) is -2.89. The van der Waals surface area contributed by atoms with Crippen molar-refractivity contribution < 1.29 is 18.3 Å². The number of carbonyl (C=O) groups excluding carboxylic acids is 1. The Labute approximate surface area is 151 Å². The van der Waals surface area contributed by atoms with Crippen LogP contribution in [0, 0.1) is 5.92 Å². The van der Waals surface area contributed by atoms with Crippen LogP contribution in [0.2, 0.25) is 0 Å². The van der Waals surface area contributed by atoms with Crippen molar-refractivity contribution >= 4 is 11.6 Å². The highest BCUT2D eigenvalue weighted by molar-refractivity contribution is 5.93. The summed E-state index contributed by atoms with van der Waals surface area (Å²) in [4.78, 5) is 12.4. The van der Waals surface area contributed by atoms with E-state index in [2.05, 4.69) is 16.1 Å². The molecule has 0 fully saturated rings. The van der Waals surface area contributed by atoms with Gasteiger partial charge in [0.05, 0.1) is 0 Å². The van der Waals surface area contributed by atoms with E-state index in [1.807, 2.05) is 36.4 Å². The molecule has 1 aliphatic carbocycles. The van der Waals surface area contributed by atoms with Gasteiger partial charge in [-0.15, -0.1) is 0 Å². The van der Waals surface area contributed by atoms with Crippen molar-refractivity contribution in [3.63, 3.8) is 0 Å². The van der Waals surface area contributed by atoms with Crippen LogP contribution in [0.4, 0.5) is 14.5 Å². The molecule has 1 aliphatic rings. The number of rotatable bonds is 6. The van der Waals surface area contributed by atoms with Crippen LogP contribution in [0.3, 0.4) is 0 Å². The number of allylic oxidation sites excluding steroid dienone is 2. The number of ether oxygens (including phenoxy) is 1. The van der Waals surface area contributed by atoms with Crippen LogP contribution in [0.15, 0.2) is 60.7 Å². The second-order valence-corrected chi connectivity index (χ2v) is 6.33. The van der Waals surface area contributed by atoms with Crippen LogP contribution >= 0.6 is 0 Å². The topological polar surface area (TPSA) is 38.3 Å². The Bertz CT molecular complexity index is 775. The van der Waals surface area contributed by atoms with Gasteiger partial charge in [-0.05, 0) is 43.0 Å². The number of halogens is 2. The summed E-state index contributed by atoms with van der Waals surface area (Å²) in [5.74, 6) is 0.0413. The fourth-order valence-corrected chi connectivity index (χ4v) is 3.10. The standard InChI is InChI=1S/C21H21F2NO2/c22-21(23)26-19-12-11-18(24-20(25)16-9-5-2-6-10-16)14-17(19)13-15-7-3-1-4-8-15/h1-5,7-8,11-12,14,16,21H,6,9-10,13H2,(H,24,25). The summed E-state index contributed by atoms with van der Waals surface area (Å²) in [6.07, 6.45) is 7.00. The van der Waals surface area contributed by atoms with Crippen molar-refractivity contribution in [2.45, 2.75) is 32.3 Å². The Morgan fingerprint density at radius 3 is 2.65 bits per heavy atom. The molecule has 2 aromatic carbocycles. The van der Waals surface area contributed by atoms with E-state index in [1.54, 1.807) is 12.1 Å². The summed E-state index contributed by atoms with van der Waals surface area (Å²) in [5, 5.41) is 2.90. The maximum absolute atomic E-state index is 12.7. The first-order chi connectivity index (χ1) is 12.6. The first kappa shape index (κ1) is 18.1. The number of hydrogen-bond acceptors (Lipinski definition) is 2. The quantitative estimate of drug-likeness (QED) is 0.724. The fourth-order valence-electron chi connectivity index (χ4n) is 3.10. The van der Waals surface area contributed by atoms with Crippen molar-refractivity contribution in [3.05, 3.63) is 71.8 Å². The molecule has 2 aromatic rings. The Morgan fingerprint density at radius 2 is 1.96 bits per heavy atom. The zero-order chi connectivity index (χ0) is 18.4. The van der Waals surface area contributed by atoms with E-state index in [0.29, 0.717) is 17.7 Å². The Balaban J connectivity index is 1.79.